The summed E-state index contributed by atoms with van der Waals surface area (Å²) in [5.41, 5.74) is 2.36. The Labute approximate surface area is 228 Å². The van der Waals surface area contributed by atoms with Crippen LogP contribution in [0.4, 0.5) is 13.2 Å². The normalized spacial score (nSPS) is 21.7. The van der Waals surface area contributed by atoms with Crippen molar-refractivity contribution in [2.45, 2.75) is 103 Å². The minimum atomic E-state index is -4.74. The summed E-state index contributed by atoms with van der Waals surface area (Å²) in [4.78, 5) is 11.6. The van der Waals surface area contributed by atoms with Crippen LogP contribution in [0, 0.1) is 25.7 Å². The molecule has 8 heteroatoms. The number of aliphatic carboxylic acids is 1. The molecule has 0 aromatic heterocycles. The zero-order valence-corrected chi connectivity index (χ0v) is 23.3. The van der Waals surface area contributed by atoms with Crippen LogP contribution < -0.4 is 9.47 Å². The summed E-state index contributed by atoms with van der Waals surface area (Å²) < 4.78 is 54.7. The number of aryl methyl sites for hydroxylation is 2. The lowest BCUT2D eigenvalue weighted by atomic mass is 9.85. The van der Waals surface area contributed by atoms with E-state index in [0.717, 1.165) is 41.5 Å². The van der Waals surface area contributed by atoms with Gasteiger partial charge in [0, 0.05) is 0 Å². The van der Waals surface area contributed by atoms with Crippen molar-refractivity contribution in [2.75, 3.05) is 0 Å². The highest BCUT2D eigenvalue weighted by Gasteiger charge is 2.46. The van der Waals surface area contributed by atoms with Gasteiger partial charge in [-0.25, -0.2) is 4.79 Å². The first-order valence-electron chi connectivity index (χ1n) is 13.8. The fraction of sp³-hybridized carbons (Fsp3) is 0.581. The third kappa shape index (κ3) is 7.27. The molecule has 0 aliphatic heterocycles. The number of hydrogen-bond acceptors (Lipinski definition) is 4. The molecule has 2 aliphatic rings. The smallest absolute Gasteiger partial charge is 0.478 e. The molecule has 4 rings (SSSR count). The van der Waals surface area contributed by atoms with Gasteiger partial charge in [0.25, 0.3) is 0 Å². The van der Waals surface area contributed by atoms with Gasteiger partial charge >= 0.3 is 12.3 Å². The van der Waals surface area contributed by atoms with Crippen LogP contribution >= 0.6 is 0 Å². The van der Waals surface area contributed by atoms with Crippen molar-refractivity contribution < 1.29 is 37.3 Å². The van der Waals surface area contributed by atoms with E-state index in [4.69, 9.17) is 9.47 Å². The minimum Gasteiger partial charge on any atom is -0.478 e. The Hall–Kier alpha value is -2.74. The second kappa shape index (κ2) is 11.4. The molecule has 0 heterocycles. The second-order valence-corrected chi connectivity index (χ2v) is 11.7. The van der Waals surface area contributed by atoms with E-state index in [-0.39, 0.29) is 29.8 Å². The third-order valence-corrected chi connectivity index (χ3v) is 8.13. The first-order valence-corrected chi connectivity index (χ1v) is 13.8. The van der Waals surface area contributed by atoms with E-state index < -0.39 is 17.9 Å². The van der Waals surface area contributed by atoms with Gasteiger partial charge in [-0.3, -0.25) is 0 Å². The monoisotopic (exact) mass is 548 g/mol. The maximum absolute atomic E-state index is 12.7. The van der Waals surface area contributed by atoms with Crippen LogP contribution in [0.5, 0.6) is 11.5 Å². The molecule has 2 aromatic carbocycles. The average Bonchev–Trinajstić information content (AvgIpc) is 3.65. The van der Waals surface area contributed by atoms with Crippen LogP contribution in [0.1, 0.15) is 93.6 Å². The quantitative estimate of drug-likeness (QED) is 0.324. The molecule has 214 valence electrons. The van der Waals surface area contributed by atoms with Gasteiger partial charge in [-0.05, 0) is 106 Å². The number of hydrogen-bond donors (Lipinski definition) is 1. The van der Waals surface area contributed by atoms with Crippen molar-refractivity contribution in [3.8, 4) is 11.5 Å². The maximum atomic E-state index is 12.7. The van der Waals surface area contributed by atoms with Crippen LogP contribution in [0.3, 0.4) is 0 Å². The molecule has 2 saturated carbocycles. The van der Waals surface area contributed by atoms with E-state index in [1.807, 2.05) is 26.0 Å². The molecule has 39 heavy (non-hydrogen) atoms. The molecule has 2 aliphatic carbocycles. The SMILES string of the molecule is Cc1cc(C2CC2C(OC(C)C2CCCCC2)c2ccc(OC(F)(F)F)cc2)cc(C)c1OC(C)(C)C(=O)O. The van der Waals surface area contributed by atoms with Gasteiger partial charge in [-0.15, -0.1) is 13.2 Å². The van der Waals surface area contributed by atoms with Crippen LogP contribution in [0.2, 0.25) is 0 Å². The molecule has 0 saturated heterocycles. The van der Waals surface area contributed by atoms with Gasteiger partial charge in [0.1, 0.15) is 11.5 Å². The predicted molar refractivity (Wildman–Crippen MR) is 142 cm³/mol. The van der Waals surface area contributed by atoms with Gasteiger partial charge in [0.15, 0.2) is 5.60 Å². The van der Waals surface area contributed by atoms with Gasteiger partial charge in [0.2, 0.25) is 0 Å². The summed E-state index contributed by atoms with van der Waals surface area (Å²) in [5, 5.41) is 9.48. The van der Waals surface area contributed by atoms with Crippen LogP contribution in [0.15, 0.2) is 36.4 Å². The van der Waals surface area contributed by atoms with E-state index in [9.17, 15) is 23.1 Å². The van der Waals surface area contributed by atoms with Crippen molar-refractivity contribution in [1.29, 1.82) is 0 Å². The number of halogens is 3. The Kier molecular flexibility index (Phi) is 8.55. The van der Waals surface area contributed by atoms with Crippen molar-refractivity contribution in [3.05, 3.63) is 58.7 Å². The topological polar surface area (TPSA) is 65.0 Å². The summed E-state index contributed by atoms with van der Waals surface area (Å²) in [7, 11) is 0. The molecule has 0 spiro atoms. The molecule has 2 aromatic rings. The zero-order valence-electron chi connectivity index (χ0n) is 23.3. The fourth-order valence-electron chi connectivity index (χ4n) is 5.82. The summed E-state index contributed by atoms with van der Waals surface area (Å²) >= 11 is 0. The number of carboxylic acids is 1. The van der Waals surface area contributed by atoms with E-state index in [2.05, 4.69) is 11.7 Å². The van der Waals surface area contributed by atoms with Crippen molar-refractivity contribution >= 4 is 5.97 Å². The van der Waals surface area contributed by atoms with Crippen molar-refractivity contribution in [3.63, 3.8) is 0 Å². The highest BCUT2D eigenvalue weighted by atomic mass is 19.4. The summed E-state index contributed by atoms with van der Waals surface area (Å²) in [6.07, 6.45) is 1.85. The molecule has 0 radical (unpaired) electrons. The standard InChI is InChI=1S/C31H39F3O5/c1-18-15-23(16-19(2)27(18)39-30(4,5)29(35)36)25-17-26(25)28(37-20(3)21-9-7-6-8-10-21)22-11-13-24(14-12-22)38-31(32,33)34/h11-16,20-21,25-26,28H,6-10,17H2,1-5H3,(H,35,36). The highest BCUT2D eigenvalue weighted by molar-refractivity contribution is 5.77. The van der Waals surface area contributed by atoms with Gasteiger partial charge in [-0.2, -0.15) is 0 Å². The third-order valence-electron chi connectivity index (χ3n) is 8.13. The maximum Gasteiger partial charge on any atom is 0.573 e. The number of carboxylic acid groups (broad SMARTS) is 1. The van der Waals surface area contributed by atoms with E-state index in [0.29, 0.717) is 11.7 Å². The number of benzene rings is 2. The molecule has 0 amide bonds. The largest absolute Gasteiger partial charge is 0.573 e. The molecule has 2 fully saturated rings. The van der Waals surface area contributed by atoms with Gasteiger partial charge in [-0.1, -0.05) is 43.5 Å². The highest BCUT2D eigenvalue weighted by Crippen LogP contribution is 2.57. The molecular formula is C31H39F3O5. The van der Waals surface area contributed by atoms with E-state index >= 15 is 0 Å². The second-order valence-electron chi connectivity index (χ2n) is 11.7. The number of carbonyl (C=O) groups is 1. The molecule has 1 N–H and O–H groups in total. The Morgan fingerprint density at radius 2 is 1.56 bits per heavy atom. The number of ether oxygens (including phenoxy) is 3. The molecule has 4 unspecified atom stereocenters. The summed E-state index contributed by atoms with van der Waals surface area (Å²) in [5.74, 6) is 0.160. The van der Waals surface area contributed by atoms with Crippen molar-refractivity contribution in [1.82, 2.24) is 0 Å². The summed E-state index contributed by atoms with van der Waals surface area (Å²) in [6.45, 7) is 9.00. The zero-order chi connectivity index (χ0) is 28.5. The minimum absolute atomic E-state index is 0.0418. The Balaban J connectivity index is 1.56. The Morgan fingerprint density at radius 3 is 2.10 bits per heavy atom. The fourth-order valence-corrected chi connectivity index (χ4v) is 5.82. The molecule has 0 bridgehead atoms. The first kappa shape index (κ1) is 29.2. The van der Waals surface area contributed by atoms with Crippen molar-refractivity contribution in [2.24, 2.45) is 11.8 Å². The lowest BCUT2D eigenvalue weighted by molar-refractivity contribution is -0.274. The lowest BCUT2D eigenvalue weighted by Crippen LogP contribution is -2.38. The van der Waals surface area contributed by atoms with E-state index in [1.165, 1.54) is 45.2 Å². The van der Waals surface area contributed by atoms with Crippen LogP contribution in [-0.4, -0.2) is 29.1 Å². The predicted octanol–water partition coefficient (Wildman–Crippen LogP) is 8.27. The number of rotatable bonds is 10. The summed E-state index contributed by atoms with van der Waals surface area (Å²) in [6, 6.07) is 10.2. The molecule has 5 nitrogen and oxygen atoms in total. The van der Waals surface area contributed by atoms with E-state index in [1.54, 1.807) is 12.1 Å². The Morgan fingerprint density at radius 1 is 0.974 bits per heavy atom. The molecule has 4 atom stereocenters. The average molecular weight is 549 g/mol. The van der Waals surface area contributed by atoms with Gasteiger partial charge < -0.3 is 19.3 Å². The van der Waals surface area contributed by atoms with Gasteiger partial charge in [0.05, 0.1) is 12.2 Å². The Bertz CT molecular complexity index is 1130. The van der Waals surface area contributed by atoms with Crippen LogP contribution in [-0.2, 0) is 9.53 Å². The lowest BCUT2D eigenvalue weighted by Gasteiger charge is -2.31. The van der Waals surface area contributed by atoms with Crippen LogP contribution in [0.25, 0.3) is 0 Å². The number of alkyl halides is 3. The molecular weight excluding hydrogens is 509 g/mol. The first-order chi connectivity index (χ1) is 18.2.